The molecule has 1 aliphatic carbocycles. The second-order valence-electron chi connectivity index (χ2n) is 5.89. The van der Waals surface area contributed by atoms with E-state index in [1.54, 1.807) is 0 Å². The van der Waals surface area contributed by atoms with Gasteiger partial charge in [-0.15, -0.1) is 0 Å². The van der Waals surface area contributed by atoms with Crippen molar-refractivity contribution in [2.24, 2.45) is 0 Å². The van der Waals surface area contributed by atoms with E-state index in [1.165, 1.54) is 27.8 Å². The summed E-state index contributed by atoms with van der Waals surface area (Å²) < 4.78 is 5.20. The quantitative estimate of drug-likeness (QED) is 0.500. The minimum Gasteiger partial charge on any atom is -0.408 e. The Kier molecular flexibility index (Phi) is 2.42. The van der Waals surface area contributed by atoms with Crippen LogP contribution in [0.25, 0.3) is 33.4 Å². The molecule has 4 aromatic rings. The number of hydrogen-bond donors (Lipinski definition) is 1. The molecule has 23 heavy (non-hydrogen) atoms. The average molecular weight is 299 g/mol. The van der Waals surface area contributed by atoms with Gasteiger partial charge in [-0.05, 0) is 51.9 Å². The first kappa shape index (κ1) is 12.5. The third-order valence-electron chi connectivity index (χ3n) is 4.58. The van der Waals surface area contributed by atoms with Crippen LogP contribution in [0.15, 0.2) is 69.9 Å². The largest absolute Gasteiger partial charge is 0.417 e. The number of hydrogen-bond acceptors (Lipinski definition) is 2. The van der Waals surface area contributed by atoms with Crippen molar-refractivity contribution >= 4 is 11.1 Å². The molecule has 0 radical (unpaired) electrons. The molecule has 0 bridgehead atoms. The molecule has 110 valence electrons. The number of aromatic amines is 1. The summed E-state index contributed by atoms with van der Waals surface area (Å²) in [6.07, 6.45) is 0.941. The standard InChI is InChI=1S/C20H13NO2/c22-20-21-18-9-8-13(11-19(18)23-20)15-6-3-7-16-14-5-2-1-4-12(14)10-17(15)16/h1-9,11H,10H2,(H,21,22). The fourth-order valence-corrected chi connectivity index (χ4v) is 3.54. The van der Waals surface area contributed by atoms with E-state index in [0.29, 0.717) is 5.58 Å². The van der Waals surface area contributed by atoms with E-state index < -0.39 is 5.76 Å². The Hall–Kier alpha value is -3.07. The van der Waals surface area contributed by atoms with Crippen LogP contribution >= 0.6 is 0 Å². The van der Waals surface area contributed by atoms with Crippen molar-refractivity contribution in [3.63, 3.8) is 0 Å². The van der Waals surface area contributed by atoms with E-state index in [1.807, 2.05) is 18.2 Å². The van der Waals surface area contributed by atoms with Gasteiger partial charge in [-0.1, -0.05) is 48.5 Å². The van der Waals surface area contributed by atoms with E-state index >= 15 is 0 Å². The van der Waals surface area contributed by atoms with Crippen LogP contribution in [0, 0.1) is 0 Å². The molecule has 0 unspecified atom stereocenters. The molecule has 0 spiro atoms. The Bertz CT molecular complexity index is 1120. The van der Waals surface area contributed by atoms with Crippen molar-refractivity contribution < 1.29 is 4.42 Å². The summed E-state index contributed by atoms with van der Waals surface area (Å²) in [6.45, 7) is 0. The zero-order valence-electron chi connectivity index (χ0n) is 12.3. The second kappa shape index (κ2) is 4.46. The van der Waals surface area contributed by atoms with Crippen LogP contribution in [-0.4, -0.2) is 4.98 Å². The van der Waals surface area contributed by atoms with Crippen molar-refractivity contribution in [2.45, 2.75) is 6.42 Å². The average Bonchev–Trinajstić information content (AvgIpc) is 3.13. The predicted octanol–water partition coefficient (Wildman–Crippen LogP) is 4.36. The van der Waals surface area contributed by atoms with Crippen LogP contribution in [0.3, 0.4) is 0 Å². The number of benzene rings is 3. The monoisotopic (exact) mass is 299 g/mol. The number of nitrogens with one attached hydrogen (secondary N) is 1. The molecule has 0 saturated carbocycles. The molecule has 0 fully saturated rings. The molecular weight excluding hydrogens is 286 g/mol. The first-order valence-electron chi connectivity index (χ1n) is 7.63. The van der Waals surface area contributed by atoms with Crippen LogP contribution in [0.2, 0.25) is 0 Å². The van der Waals surface area contributed by atoms with E-state index in [9.17, 15) is 4.79 Å². The Morgan fingerprint density at radius 3 is 2.65 bits per heavy atom. The summed E-state index contributed by atoms with van der Waals surface area (Å²) in [4.78, 5) is 14.0. The van der Waals surface area contributed by atoms with Gasteiger partial charge in [0.2, 0.25) is 0 Å². The van der Waals surface area contributed by atoms with Gasteiger partial charge in [-0.25, -0.2) is 4.79 Å². The Balaban J connectivity index is 1.74. The van der Waals surface area contributed by atoms with E-state index in [0.717, 1.165) is 17.5 Å². The van der Waals surface area contributed by atoms with Crippen molar-refractivity contribution in [3.8, 4) is 22.3 Å². The first-order chi connectivity index (χ1) is 11.3. The van der Waals surface area contributed by atoms with E-state index in [4.69, 9.17) is 4.42 Å². The number of H-pyrrole nitrogens is 1. The maximum Gasteiger partial charge on any atom is 0.417 e. The third-order valence-corrected chi connectivity index (χ3v) is 4.58. The molecule has 0 saturated heterocycles. The van der Waals surface area contributed by atoms with Gasteiger partial charge in [-0.2, -0.15) is 0 Å². The minimum absolute atomic E-state index is 0.414. The molecule has 3 aromatic carbocycles. The molecule has 3 heteroatoms. The number of fused-ring (bicyclic) bond motifs is 4. The normalized spacial score (nSPS) is 12.3. The molecule has 1 aromatic heterocycles. The summed E-state index contributed by atoms with van der Waals surface area (Å²) in [5.41, 5.74) is 8.92. The summed E-state index contributed by atoms with van der Waals surface area (Å²) >= 11 is 0. The number of oxazole rings is 1. The first-order valence-corrected chi connectivity index (χ1v) is 7.63. The molecular formula is C20H13NO2. The molecule has 0 aliphatic heterocycles. The second-order valence-corrected chi connectivity index (χ2v) is 5.89. The molecule has 1 N–H and O–H groups in total. The molecule has 1 heterocycles. The highest BCUT2D eigenvalue weighted by molar-refractivity contribution is 5.87. The SMILES string of the molecule is O=c1[nH]c2ccc(-c3cccc4c3Cc3ccccc3-4)cc2o1. The van der Waals surface area contributed by atoms with Gasteiger partial charge in [0.25, 0.3) is 0 Å². The van der Waals surface area contributed by atoms with Crippen molar-refractivity contribution in [1.29, 1.82) is 0 Å². The zero-order valence-corrected chi connectivity index (χ0v) is 12.3. The summed E-state index contributed by atoms with van der Waals surface area (Å²) in [7, 11) is 0. The van der Waals surface area contributed by atoms with Gasteiger partial charge in [0, 0.05) is 0 Å². The van der Waals surface area contributed by atoms with Crippen LogP contribution in [0.4, 0.5) is 0 Å². The third kappa shape index (κ3) is 1.80. The van der Waals surface area contributed by atoms with Crippen molar-refractivity contribution in [1.82, 2.24) is 4.98 Å². The highest BCUT2D eigenvalue weighted by Crippen LogP contribution is 2.41. The highest BCUT2D eigenvalue weighted by Gasteiger charge is 2.21. The topological polar surface area (TPSA) is 46.0 Å². The maximum atomic E-state index is 11.4. The van der Waals surface area contributed by atoms with E-state index in [-0.39, 0.29) is 0 Å². The van der Waals surface area contributed by atoms with Crippen LogP contribution < -0.4 is 5.76 Å². The van der Waals surface area contributed by atoms with Crippen LogP contribution in [-0.2, 0) is 6.42 Å². The Labute approximate surface area is 132 Å². The lowest BCUT2D eigenvalue weighted by molar-refractivity contribution is 0.555. The van der Waals surface area contributed by atoms with Gasteiger partial charge in [0.05, 0.1) is 5.52 Å². The van der Waals surface area contributed by atoms with Gasteiger partial charge in [0.1, 0.15) is 0 Å². The highest BCUT2D eigenvalue weighted by atomic mass is 16.4. The van der Waals surface area contributed by atoms with Crippen LogP contribution in [0.5, 0.6) is 0 Å². The van der Waals surface area contributed by atoms with Crippen molar-refractivity contribution in [2.75, 3.05) is 0 Å². The fraction of sp³-hybridized carbons (Fsp3) is 0.0500. The maximum absolute atomic E-state index is 11.4. The van der Waals surface area contributed by atoms with Crippen molar-refractivity contribution in [3.05, 3.63) is 82.3 Å². The van der Waals surface area contributed by atoms with E-state index in [2.05, 4.69) is 47.4 Å². The zero-order chi connectivity index (χ0) is 15.4. The summed E-state index contributed by atoms with van der Waals surface area (Å²) in [5.74, 6) is -0.414. The lowest BCUT2D eigenvalue weighted by atomic mass is 9.95. The molecule has 5 rings (SSSR count). The predicted molar refractivity (Wildman–Crippen MR) is 90.5 cm³/mol. The smallest absolute Gasteiger partial charge is 0.408 e. The lowest BCUT2D eigenvalue weighted by Gasteiger charge is -2.08. The molecule has 0 atom stereocenters. The van der Waals surface area contributed by atoms with Crippen LogP contribution in [0.1, 0.15) is 11.1 Å². The fourth-order valence-electron chi connectivity index (χ4n) is 3.54. The Morgan fingerprint density at radius 1 is 0.870 bits per heavy atom. The number of aromatic nitrogens is 1. The summed E-state index contributed by atoms with van der Waals surface area (Å²) in [6, 6.07) is 20.8. The molecule has 3 nitrogen and oxygen atoms in total. The van der Waals surface area contributed by atoms with Gasteiger partial charge >= 0.3 is 5.76 Å². The number of rotatable bonds is 1. The van der Waals surface area contributed by atoms with Gasteiger partial charge < -0.3 is 4.42 Å². The molecule has 1 aliphatic rings. The minimum atomic E-state index is -0.414. The Morgan fingerprint density at radius 2 is 1.70 bits per heavy atom. The lowest BCUT2D eigenvalue weighted by Crippen LogP contribution is -1.92. The van der Waals surface area contributed by atoms with Gasteiger partial charge in [-0.3, -0.25) is 4.98 Å². The summed E-state index contributed by atoms with van der Waals surface area (Å²) in [5, 5.41) is 0. The molecule has 0 amide bonds. The van der Waals surface area contributed by atoms with Gasteiger partial charge in [0.15, 0.2) is 5.58 Å².